The average molecular weight is 274 g/mol. The molecule has 2 aromatic rings. The highest BCUT2D eigenvalue weighted by Crippen LogP contribution is 2.41. The van der Waals surface area contributed by atoms with Crippen LogP contribution in [-0.4, -0.2) is 10.2 Å². The van der Waals surface area contributed by atoms with Gasteiger partial charge in [0, 0.05) is 0 Å². The summed E-state index contributed by atoms with van der Waals surface area (Å²) in [7, 11) is 0. The third-order valence-electron chi connectivity index (χ3n) is 3.02. The van der Waals surface area contributed by atoms with Gasteiger partial charge < -0.3 is 9.52 Å². The maximum atomic E-state index is 9.87. The van der Waals surface area contributed by atoms with Crippen LogP contribution in [0.2, 0.25) is 0 Å². The fraction of sp³-hybridized carbons (Fsp3) is 0.214. The number of aryl methyl sites for hydroxylation is 1. The highest BCUT2D eigenvalue weighted by atomic mass is 32.2. The minimum absolute atomic E-state index is 0.232. The fourth-order valence-corrected chi connectivity index (χ4v) is 3.02. The number of hydrogen-bond acceptors (Lipinski definition) is 5. The van der Waals surface area contributed by atoms with Crippen LogP contribution in [-0.2, 0) is 4.87 Å². The second-order valence-corrected chi connectivity index (χ2v) is 6.00. The van der Waals surface area contributed by atoms with Crippen molar-refractivity contribution >= 4 is 16.8 Å². The number of nitrogens with one attached hydrogen (secondary N) is 1. The molecule has 0 amide bonds. The number of furan rings is 1. The van der Waals surface area contributed by atoms with Crippen LogP contribution in [0.15, 0.2) is 45.9 Å². The predicted molar refractivity (Wildman–Crippen MR) is 76.2 cm³/mol. The summed E-state index contributed by atoms with van der Waals surface area (Å²) in [5.41, 5.74) is 3.81. The molecule has 0 bridgehead atoms. The Morgan fingerprint density at radius 3 is 2.74 bits per heavy atom. The molecule has 1 atom stereocenters. The molecule has 1 aliphatic rings. The van der Waals surface area contributed by atoms with E-state index in [0.717, 1.165) is 22.1 Å². The quantitative estimate of drug-likeness (QED) is 0.883. The number of nitrogens with zero attached hydrogens (tertiary/aromatic N) is 1. The van der Waals surface area contributed by atoms with E-state index in [-0.39, 0.29) is 5.75 Å². The zero-order chi connectivity index (χ0) is 13.5. The molecule has 0 saturated heterocycles. The van der Waals surface area contributed by atoms with Crippen LogP contribution in [0, 0.1) is 6.92 Å². The Labute approximate surface area is 115 Å². The first-order valence-electron chi connectivity index (χ1n) is 5.98. The molecule has 5 heteroatoms. The van der Waals surface area contributed by atoms with Crippen molar-refractivity contribution in [2.75, 3.05) is 0 Å². The summed E-state index contributed by atoms with van der Waals surface area (Å²) in [4.78, 5) is -0.439. The molecule has 2 N–H and O–H groups in total. The topological polar surface area (TPSA) is 57.8 Å². The van der Waals surface area contributed by atoms with Gasteiger partial charge in [0.1, 0.15) is 22.3 Å². The molecular formula is C14H14N2O2S. The first-order valence-corrected chi connectivity index (χ1v) is 6.79. The fourth-order valence-electron chi connectivity index (χ4n) is 1.96. The van der Waals surface area contributed by atoms with Crippen molar-refractivity contribution in [3.63, 3.8) is 0 Å². The van der Waals surface area contributed by atoms with E-state index >= 15 is 0 Å². The Kier molecular flexibility index (Phi) is 2.78. The lowest BCUT2D eigenvalue weighted by atomic mass is 10.2. The molecule has 1 aromatic carbocycles. The molecule has 2 heterocycles. The number of benzene rings is 1. The Hall–Kier alpha value is -1.88. The van der Waals surface area contributed by atoms with E-state index in [1.807, 2.05) is 38.1 Å². The van der Waals surface area contributed by atoms with Crippen molar-refractivity contribution < 1.29 is 9.52 Å². The maximum absolute atomic E-state index is 9.87. The van der Waals surface area contributed by atoms with Crippen molar-refractivity contribution in [2.24, 2.45) is 5.10 Å². The van der Waals surface area contributed by atoms with Crippen LogP contribution >= 0.6 is 11.8 Å². The number of phenolic OH excluding ortho intramolecular Hbond substituents is 1. The number of aromatic hydroxyl groups is 1. The van der Waals surface area contributed by atoms with Gasteiger partial charge in [-0.1, -0.05) is 23.9 Å². The van der Waals surface area contributed by atoms with E-state index in [9.17, 15) is 5.11 Å². The summed E-state index contributed by atoms with van der Waals surface area (Å²) in [5.74, 6) is 1.93. The van der Waals surface area contributed by atoms with E-state index in [0.29, 0.717) is 0 Å². The minimum atomic E-state index is -0.439. The highest BCUT2D eigenvalue weighted by molar-refractivity contribution is 8.15. The summed E-state index contributed by atoms with van der Waals surface area (Å²) in [6.07, 6.45) is 0. The van der Waals surface area contributed by atoms with Gasteiger partial charge in [0.05, 0.1) is 5.56 Å². The molecule has 4 nitrogen and oxygen atoms in total. The average Bonchev–Trinajstić information content (AvgIpc) is 2.98. The molecule has 0 radical (unpaired) electrons. The number of rotatable bonds is 2. The predicted octanol–water partition coefficient (Wildman–Crippen LogP) is 3.16. The highest BCUT2D eigenvalue weighted by Gasteiger charge is 2.37. The van der Waals surface area contributed by atoms with Crippen LogP contribution in [0.3, 0.4) is 0 Å². The van der Waals surface area contributed by atoms with E-state index in [2.05, 4.69) is 10.5 Å². The monoisotopic (exact) mass is 274 g/mol. The largest absolute Gasteiger partial charge is 0.507 e. The van der Waals surface area contributed by atoms with E-state index in [1.54, 1.807) is 12.1 Å². The van der Waals surface area contributed by atoms with Crippen molar-refractivity contribution in [3.05, 3.63) is 53.5 Å². The second kappa shape index (κ2) is 4.35. The van der Waals surface area contributed by atoms with E-state index < -0.39 is 4.87 Å². The zero-order valence-corrected chi connectivity index (χ0v) is 11.5. The molecule has 1 unspecified atom stereocenters. The molecule has 0 fully saturated rings. The Morgan fingerprint density at radius 2 is 2.05 bits per heavy atom. The number of hydrazone groups is 1. The van der Waals surface area contributed by atoms with Gasteiger partial charge in [0.25, 0.3) is 0 Å². The summed E-state index contributed by atoms with van der Waals surface area (Å²) in [6.45, 7) is 3.92. The number of hydrogen-bond donors (Lipinski definition) is 2. The molecule has 1 aromatic heterocycles. The van der Waals surface area contributed by atoms with Crippen LogP contribution in [0.1, 0.15) is 24.0 Å². The standard InChI is InChI=1S/C14H14N2O2S/c1-9-7-8-12(18-9)14(2)16-15-13(19-14)10-5-3-4-6-11(10)17/h3-8,16-17H,1-2H3. The normalized spacial score (nSPS) is 22.1. The minimum Gasteiger partial charge on any atom is -0.507 e. The van der Waals surface area contributed by atoms with Gasteiger partial charge in [-0.3, -0.25) is 5.43 Å². The molecule has 19 heavy (non-hydrogen) atoms. The van der Waals surface area contributed by atoms with Crippen molar-refractivity contribution in [1.29, 1.82) is 0 Å². The summed E-state index contributed by atoms with van der Waals surface area (Å²) in [5, 5.41) is 14.9. The molecule has 3 rings (SSSR count). The summed E-state index contributed by atoms with van der Waals surface area (Å²) < 4.78 is 5.67. The number of phenols is 1. The van der Waals surface area contributed by atoms with Gasteiger partial charge in [-0.15, -0.1) is 0 Å². The Bertz CT molecular complexity index is 650. The maximum Gasteiger partial charge on any atom is 0.160 e. The molecular weight excluding hydrogens is 260 g/mol. The van der Waals surface area contributed by atoms with Crippen molar-refractivity contribution in [2.45, 2.75) is 18.7 Å². The smallest absolute Gasteiger partial charge is 0.160 e. The molecule has 98 valence electrons. The molecule has 1 aliphatic heterocycles. The Balaban J connectivity index is 1.89. The zero-order valence-electron chi connectivity index (χ0n) is 10.7. The van der Waals surface area contributed by atoms with Gasteiger partial charge in [-0.05, 0) is 38.1 Å². The third kappa shape index (κ3) is 2.10. The van der Waals surface area contributed by atoms with E-state index in [1.165, 1.54) is 11.8 Å². The lowest BCUT2D eigenvalue weighted by Crippen LogP contribution is -2.28. The first-order chi connectivity index (χ1) is 9.08. The van der Waals surface area contributed by atoms with Crippen LogP contribution in [0.4, 0.5) is 0 Å². The van der Waals surface area contributed by atoms with Gasteiger partial charge in [-0.2, -0.15) is 5.10 Å². The molecule has 0 aliphatic carbocycles. The first kappa shape index (κ1) is 12.2. The van der Waals surface area contributed by atoms with Gasteiger partial charge >= 0.3 is 0 Å². The summed E-state index contributed by atoms with van der Waals surface area (Å²) >= 11 is 1.53. The third-order valence-corrected chi connectivity index (χ3v) is 4.22. The lowest BCUT2D eigenvalue weighted by molar-refractivity contribution is 0.401. The Morgan fingerprint density at radius 1 is 1.26 bits per heavy atom. The van der Waals surface area contributed by atoms with Gasteiger partial charge in [0.2, 0.25) is 0 Å². The van der Waals surface area contributed by atoms with Crippen LogP contribution < -0.4 is 5.43 Å². The molecule has 0 spiro atoms. The molecule has 0 saturated carbocycles. The summed E-state index contributed by atoms with van der Waals surface area (Å²) in [6, 6.07) is 11.1. The van der Waals surface area contributed by atoms with Crippen LogP contribution in [0.5, 0.6) is 5.75 Å². The van der Waals surface area contributed by atoms with Crippen LogP contribution in [0.25, 0.3) is 0 Å². The SMILES string of the molecule is Cc1ccc(C2(C)NN=C(c3ccccc3O)S2)o1. The van der Waals surface area contributed by atoms with E-state index in [4.69, 9.17) is 4.42 Å². The van der Waals surface area contributed by atoms with Gasteiger partial charge in [-0.25, -0.2) is 0 Å². The second-order valence-electron chi connectivity index (χ2n) is 4.59. The van der Waals surface area contributed by atoms with Crippen molar-refractivity contribution in [3.8, 4) is 5.75 Å². The number of para-hydroxylation sites is 1. The lowest BCUT2D eigenvalue weighted by Gasteiger charge is -2.19. The van der Waals surface area contributed by atoms with Crippen molar-refractivity contribution in [1.82, 2.24) is 5.43 Å². The van der Waals surface area contributed by atoms with Gasteiger partial charge in [0.15, 0.2) is 4.87 Å². The number of thioether (sulfide) groups is 1.